The van der Waals surface area contributed by atoms with Crippen LogP contribution in [0.1, 0.15) is 51.0 Å². The second-order valence-corrected chi connectivity index (χ2v) is 11.2. The molecule has 3 aliphatic rings. The maximum Gasteiger partial charge on any atom is 0.425 e. The van der Waals surface area contributed by atoms with Gasteiger partial charge in [-0.3, -0.25) is 9.59 Å². The molecular weight excluding hydrogens is 511 g/mol. The van der Waals surface area contributed by atoms with Crippen LogP contribution in [0.5, 0.6) is 0 Å². The Morgan fingerprint density at radius 2 is 1.68 bits per heavy atom. The SMILES string of the molecule is CC(OC(=O)N(C)C1CN(C(=O)C2CCN(C(=O)C3(C)CC3)CC2)CC1c1ccc(Cl)cc1)C(F)(F)F. The van der Waals surface area contributed by atoms with E-state index < -0.39 is 24.4 Å². The Balaban J connectivity index is 1.45. The van der Waals surface area contributed by atoms with Gasteiger partial charge in [-0.2, -0.15) is 13.2 Å². The van der Waals surface area contributed by atoms with Gasteiger partial charge in [0, 0.05) is 55.5 Å². The lowest BCUT2D eigenvalue weighted by Crippen LogP contribution is -2.47. The lowest BCUT2D eigenvalue weighted by atomic mass is 9.93. The maximum absolute atomic E-state index is 13.5. The predicted molar refractivity (Wildman–Crippen MR) is 131 cm³/mol. The number of hydrogen-bond donors (Lipinski definition) is 0. The van der Waals surface area contributed by atoms with Gasteiger partial charge < -0.3 is 19.4 Å². The molecule has 1 saturated carbocycles. The first-order valence-corrected chi connectivity index (χ1v) is 13.0. The number of alkyl halides is 3. The monoisotopic (exact) mass is 543 g/mol. The Kier molecular flexibility index (Phi) is 7.70. The molecule has 0 spiro atoms. The number of amides is 3. The average Bonchev–Trinajstić information content (AvgIpc) is 3.46. The normalized spacial score (nSPS) is 24.5. The topological polar surface area (TPSA) is 70.2 Å². The molecule has 2 saturated heterocycles. The smallest absolute Gasteiger partial charge is 0.425 e. The van der Waals surface area contributed by atoms with Crippen molar-refractivity contribution < 1.29 is 32.3 Å². The molecule has 1 aromatic rings. The Morgan fingerprint density at radius 3 is 2.22 bits per heavy atom. The van der Waals surface area contributed by atoms with Crippen LogP contribution in [0.25, 0.3) is 0 Å². The number of benzene rings is 1. The number of nitrogens with zero attached hydrogens (tertiary/aromatic N) is 3. The highest BCUT2D eigenvalue weighted by atomic mass is 35.5. The van der Waals surface area contributed by atoms with Crippen LogP contribution in [0.3, 0.4) is 0 Å². The van der Waals surface area contributed by atoms with Gasteiger partial charge in [0.25, 0.3) is 0 Å². The molecule has 4 rings (SSSR count). The molecule has 0 aromatic heterocycles. The first-order valence-electron chi connectivity index (χ1n) is 12.6. The van der Waals surface area contributed by atoms with Crippen LogP contribution in [0, 0.1) is 11.3 Å². The number of likely N-dealkylation sites (tertiary alicyclic amines) is 2. The summed E-state index contributed by atoms with van der Waals surface area (Å²) >= 11 is 6.03. The van der Waals surface area contributed by atoms with Crippen LogP contribution >= 0.6 is 11.6 Å². The Labute approximate surface area is 219 Å². The van der Waals surface area contributed by atoms with E-state index in [1.165, 1.54) is 7.05 Å². The summed E-state index contributed by atoms with van der Waals surface area (Å²) in [6.07, 6.45) is -5.07. The maximum atomic E-state index is 13.5. The fourth-order valence-corrected chi connectivity index (χ4v) is 5.33. The van der Waals surface area contributed by atoms with Crippen molar-refractivity contribution in [2.24, 2.45) is 11.3 Å². The van der Waals surface area contributed by atoms with E-state index in [0.29, 0.717) is 37.5 Å². The van der Waals surface area contributed by atoms with Gasteiger partial charge in [-0.05, 0) is 50.3 Å². The molecule has 204 valence electrons. The van der Waals surface area contributed by atoms with Gasteiger partial charge in [-0.25, -0.2) is 4.79 Å². The van der Waals surface area contributed by atoms with E-state index in [1.807, 2.05) is 11.8 Å². The van der Waals surface area contributed by atoms with E-state index in [0.717, 1.165) is 30.2 Å². The molecule has 0 N–H and O–H groups in total. The lowest BCUT2D eigenvalue weighted by molar-refractivity contribution is -0.199. The van der Waals surface area contributed by atoms with Gasteiger partial charge >= 0.3 is 12.3 Å². The standard InChI is InChI=1S/C26H33ClF3N3O4/c1-16(26(28,29)30)37-24(36)31(3)21-15-33(14-20(21)17-4-6-19(27)7-5-17)22(34)18-8-12-32(13-9-18)23(35)25(2)10-11-25/h4-7,16,18,20-21H,8-15H2,1-3H3. The van der Waals surface area contributed by atoms with Crippen molar-refractivity contribution in [1.29, 1.82) is 0 Å². The Hall–Kier alpha value is -2.49. The fourth-order valence-electron chi connectivity index (χ4n) is 5.20. The van der Waals surface area contributed by atoms with Crippen molar-refractivity contribution in [3.05, 3.63) is 34.9 Å². The molecule has 7 nitrogen and oxygen atoms in total. The van der Waals surface area contributed by atoms with Crippen molar-refractivity contribution in [1.82, 2.24) is 14.7 Å². The second-order valence-electron chi connectivity index (χ2n) is 10.8. The molecular formula is C26H33ClF3N3O4. The Morgan fingerprint density at radius 1 is 1.08 bits per heavy atom. The van der Waals surface area contributed by atoms with Crippen molar-refractivity contribution in [2.45, 2.75) is 63.8 Å². The number of carbonyl (C=O) groups excluding carboxylic acids is 3. The zero-order valence-corrected chi connectivity index (χ0v) is 22.0. The lowest BCUT2D eigenvalue weighted by Gasteiger charge is -2.34. The number of ether oxygens (including phenoxy) is 1. The number of carbonyl (C=O) groups is 3. The third-order valence-corrected chi connectivity index (χ3v) is 8.32. The number of piperidine rings is 1. The summed E-state index contributed by atoms with van der Waals surface area (Å²) in [5.41, 5.74) is 0.583. The molecule has 3 amide bonds. The van der Waals surface area contributed by atoms with Gasteiger partial charge in [-0.1, -0.05) is 30.7 Å². The summed E-state index contributed by atoms with van der Waals surface area (Å²) in [4.78, 5) is 43.5. The summed E-state index contributed by atoms with van der Waals surface area (Å²) in [7, 11) is 1.40. The van der Waals surface area contributed by atoms with E-state index in [2.05, 4.69) is 4.74 Å². The van der Waals surface area contributed by atoms with Crippen molar-refractivity contribution in [3.8, 4) is 0 Å². The molecule has 0 bridgehead atoms. The molecule has 3 atom stereocenters. The first-order chi connectivity index (χ1) is 17.3. The molecule has 11 heteroatoms. The Bertz CT molecular complexity index is 1020. The number of hydrogen-bond acceptors (Lipinski definition) is 4. The third kappa shape index (κ3) is 5.99. The zero-order valence-electron chi connectivity index (χ0n) is 21.3. The fraction of sp³-hybridized carbons (Fsp3) is 0.654. The van der Waals surface area contributed by atoms with Gasteiger partial charge in [0.2, 0.25) is 11.8 Å². The molecule has 37 heavy (non-hydrogen) atoms. The van der Waals surface area contributed by atoms with Crippen LogP contribution in [0.4, 0.5) is 18.0 Å². The first kappa shape index (κ1) is 27.5. The number of halogens is 4. The van der Waals surface area contributed by atoms with Crippen LogP contribution < -0.4 is 0 Å². The van der Waals surface area contributed by atoms with Gasteiger partial charge in [0.05, 0.1) is 6.04 Å². The minimum atomic E-state index is -4.67. The van der Waals surface area contributed by atoms with Crippen molar-refractivity contribution >= 4 is 29.5 Å². The molecule has 0 radical (unpaired) electrons. The predicted octanol–water partition coefficient (Wildman–Crippen LogP) is 4.69. The van der Waals surface area contributed by atoms with E-state index in [9.17, 15) is 27.6 Å². The summed E-state index contributed by atoms with van der Waals surface area (Å²) in [5, 5.41) is 0.527. The molecule has 3 fully saturated rings. The summed E-state index contributed by atoms with van der Waals surface area (Å²) in [6, 6.07) is 6.43. The van der Waals surface area contributed by atoms with Gasteiger partial charge in [0.15, 0.2) is 6.10 Å². The quantitative estimate of drug-likeness (QED) is 0.540. The van der Waals surface area contributed by atoms with E-state index >= 15 is 0 Å². The average molecular weight is 544 g/mol. The van der Waals surface area contributed by atoms with E-state index in [1.54, 1.807) is 29.2 Å². The number of rotatable bonds is 5. The van der Waals surface area contributed by atoms with Gasteiger partial charge in [-0.15, -0.1) is 0 Å². The highest BCUT2D eigenvalue weighted by molar-refractivity contribution is 6.30. The van der Waals surface area contributed by atoms with Crippen LogP contribution in [0.15, 0.2) is 24.3 Å². The van der Waals surface area contributed by atoms with Gasteiger partial charge in [0.1, 0.15) is 0 Å². The molecule has 1 aromatic carbocycles. The van der Waals surface area contributed by atoms with E-state index in [4.69, 9.17) is 11.6 Å². The highest BCUT2D eigenvalue weighted by Gasteiger charge is 2.48. The van der Waals surface area contributed by atoms with Crippen LogP contribution in [0.2, 0.25) is 5.02 Å². The summed E-state index contributed by atoms with van der Waals surface area (Å²) in [5.74, 6) is -0.466. The second kappa shape index (κ2) is 10.3. The van der Waals surface area contributed by atoms with Crippen LogP contribution in [-0.2, 0) is 14.3 Å². The van der Waals surface area contributed by atoms with Crippen molar-refractivity contribution in [3.63, 3.8) is 0 Å². The molecule has 2 heterocycles. The largest absolute Gasteiger partial charge is 0.437 e. The molecule has 1 aliphatic carbocycles. The highest BCUT2D eigenvalue weighted by Crippen LogP contribution is 2.47. The minimum Gasteiger partial charge on any atom is -0.437 e. The van der Waals surface area contributed by atoms with Crippen LogP contribution in [-0.4, -0.2) is 84.2 Å². The zero-order chi connectivity index (χ0) is 27.1. The summed E-state index contributed by atoms with van der Waals surface area (Å²) < 4.78 is 43.6. The van der Waals surface area contributed by atoms with Crippen molar-refractivity contribution in [2.75, 3.05) is 33.2 Å². The molecule has 3 unspecified atom stereocenters. The van der Waals surface area contributed by atoms with E-state index in [-0.39, 0.29) is 35.6 Å². The number of likely N-dealkylation sites (N-methyl/N-ethyl adjacent to an activating group) is 1. The third-order valence-electron chi connectivity index (χ3n) is 8.07. The molecule has 2 aliphatic heterocycles. The minimum absolute atomic E-state index is 0.0587. The summed E-state index contributed by atoms with van der Waals surface area (Å²) in [6.45, 7) is 4.32.